The first-order chi connectivity index (χ1) is 8.56. The maximum Gasteiger partial charge on any atom is 0.176 e. The highest BCUT2D eigenvalue weighted by molar-refractivity contribution is 14.1. The second-order valence-electron chi connectivity index (χ2n) is 5.41. The molecule has 18 heavy (non-hydrogen) atoms. The van der Waals surface area contributed by atoms with Crippen LogP contribution >= 0.6 is 22.6 Å². The molecule has 2 rings (SSSR count). The fraction of sp³-hybridized carbons (Fsp3) is 0.533. The van der Waals surface area contributed by atoms with Crippen molar-refractivity contribution in [3.05, 3.63) is 33.4 Å². The number of benzene rings is 1. The Hall–Kier alpha value is -0.420. The Labute approximate surface area is 123 Å². The average molecular weight is 357 g/mol. The Balaban J connectivity index is 1.93. The highest BCUT2D eigenvalue weighted by Crippen LogP contribution is 2.22. The molecule has 1 aromatic rings. The summed E-state index contributed by atoms with van der Waals surface area (Å²) in [6.45, 7) is 7.27. The number of ketones is 1. The van der Waals surface area contributed by atoms with Crippen LogP contribution in [0.2, 0.25) is 0 Å². The Kier molecular flexibility index (Phi) is 4.78. The summed E-state index contributed by atoms with van der Waals surface area (Å²) in [6.07, 6.45) is 1.21. The van der Waals surface area contributed by atoms with Crippen molar-refractivity contribution < 1.29 is 4.79 Å². The number of hydrogen-bond acceptors (Lipinski definition) is 2. The van der Waals surface area contributed by atoms with E-state index in [1.165, 1.54) is 9.99 Å². The lowest BCUT2D eigenvalue weighted by molar-refractivity contribution is 0.0849. The highest BCUT2D eigenvalue weighted by atomic mass is 127. The molecule has 0 amide bonds. The molecule has 3 heteroatoms. The maximum absolute atomic E-state index is 12.2. The van der Waals surface area contributed by atoms with Crippen molar-refractivity contribution in [3.63, 3.8) is 0 Å². The molecule has 1 saturated heterocycles. The Morgan fingerprint density at radius 2 is 1.94 bits per heavy atom. The van der Waals surface area contributed by atoms with E-state index in [1.54, 1.807) is 0 Å². The van der Waals surface area contributed by atoms with Crippen LogP contribution in [0.15, 0.2) is 24.3 Å². The van der Waals surface area contributed by atoms with Crippen LogP contribution in [0.1, 0.15) is 30.6 Å². The minimum Gasteiger partial charge on any atom is -0.296 e. The smallest absolute Gasteiger partial charge is 0.176 e. The van der Waals surface area contributed by atoms with Crippen molar-refractivity contribution in [2.24, 2.45) is 11.8 Å². The van der Waals surface area contributed by atoms with Crippen LogP contribution in [0, 0.1) is 15.4 Å². The van der Waals surface area contributed by atoms with Gasteiger partial charge in [0.25, 0.3) is 0 Å². The number of likely N-dealkylation sites (tertiary alicyclic amines) is 1. The number of rotatable bonds is 3. The van der Waals surface area contributed by atoms with Gasteiger partial charge in [-0.2, -0.15) is 0 Å². The van der Waals surface area contributed by atoms with Crippen LogP contribution in [0.5, 0.6) is 0 Å². The SMILES string of the molecule is CC1CCN(CC(=O)c2ccc(I)cc2)CC1C. The van der Waals surface area contributed by atoms with Gasteiger partial charge in [0.15, 0.2) is 5.78 Å². The first-order valence-electron chi connectivity index (χ1n) is 6.57. The molecule has 1 heterocycles. The van der Waals surface area contributed by atoms with E-state index in [2.05, 4.69) is 41.3 Å². The topological polar surface area (TPSA) is 20.3 Å². The third-order valence-corrected chi connectivity index (χ3v) is 4.67. The van der Waals surface area contributed by atoms with Gasteiger partial charge in [0, 0.05) is 15.7 Å². The van der Waals surface area contributed by atoms with Gasteiger partial charge in [-0.1, -0.05) is 26.0 Å². The fourth-order valence-corrected chi connectivity index (χ4v) is 2.78. The third-order valence-electron chi connectivity index (χ3n) is 3.95. The Morgan fingerprint density at radius 3 is 2.56 bits per heavy atom. The summed E-state index contributed by atoms with van der Waals surface area (Å²) in [5.74, 6) is 1.73. The number of carbonyl (C=O) groups excluding carboxylic acids is 1. The summed E-state index contributed by atoms with van der Waals surface area (Å²) >= 11 is 2.26. The van der Waals surface area contributed by atoms with Gasteiger partial charge in [0.05, 0.1) is 6.54 Å². The molecule has 0 bridgehead atoms. The van der Waals surface area contributed by atoms with E-state index >= 15 is 0 Å². The second kappa shape index (κ2) is 6.15. The lowest BCUT2D eigenvalue weighted by Crippen LogP contribution is -2.41. The molecule has 0 aromatic heterocycles. The molecule has 1 aromatic carbocycles. The average Bonchev–Trinajstić information content (AvgIpc) is 2.34. The highest BCUT2D eigenvalue weighted by Gasteiger charge is 2.24. The van der Waals surface area contributed by atoms with Gasteiger partial charge in [-0.15, -0.1) is 0 Å². The summed E-state index contributed by atoms with van der Waals surface area (Å²) in [5, 5.41) is 0. The molecule has 2 nitrogen and oxygen atoms in total. The molecule has 2 atom stereocenters. The van der Waals surface area contributed by atoms with Crippen LogP contribution in [-0.2, 0) is 0 Å². The molecule has 1 aliphatic heterocycles. The van der Waals surface area contributed by atoms with E-state index in [-0.39, 0.29) is 5.78 Å². The number of carbonyl (C=O) groups is 1. The van der Waals surface area contributed by atoms with Crippen molar-refractivity contribution in [3.8, 4) is 0 Å². The first kappa shape index (κ1) is 14.0. The summed E-state index contributed by atoms with van der Waals surface area (Å²) in [4.78, 5) is 14.5. The van der Waals surface area contributed by atoms with E-state index in [1.807, 2.05) is 24.3 Å². The first-order valence-corrected chi connectivity index (χ1v) is 7.65. The van der Waals surface area contributed by atoms with E-state index in [9.17, 15) is 4.79 Å². The van der Waals surface area contributed by atoms with E-state index < -0.39 is 0 Å². The predicted octanol–water partition coefficient (Wildman–Crippen LogP) is 3.45. The zero-order valence-electron chi connectivity index (χ0n) is 11.0. The van der Waals surface area contributed by atoms with Crippen molar-refractivity contribution in [1.29, 1.82) is 0 Å². The number of halogens is 1. The number of Topliss-reactive ketones (excluding diaryl/α,β-unsaturated/α-hetero) is 1. The zero-order chi connectivity index (χ0) is 13.1. The van der Waals surface area contributed by atoms with Crippen LogP contribution in [-0.4, -0.2) is 30.3 Å². The van der Waals surface area contributed by atoms with Crippen LogP contribution in [0.25, 0.3) is 0 Å². The molecule has 0 radical (unpaired) electrons. The van der Waals surface area contributed by atoms with Crippen LogP contribution in [0.3, 0.4) is 0 Å². The van der Waals surface area contributed by atoms with Gasteiger partial charge >= 0.3 is 0 Å². The van der Waals surface area contributed by atoms with E-state index in [4.69, 9.17) is 0 Å². The monoisotopic (exact) mass is 357 g/mol. The van der Waals surface area contributed by atoms with Gasteiger partial charge in [-0.05, 0) is 59.5 Å². The molecule has 0 aliphatic carbocycles. The Bertz CT molecular complexity index is 415. The third kappa shape index (κ3) is 3.54. The summed E-state index contributed by atoms with van der Waals surface area (Å²) in [6, 6.07) is 7.85. The standard InChI is InChI=1S/C15H20INO/c1-11-7-8-17(9-12(11)2)10-15(18)13-3-5-14(16)6-4-13/h3-6,11-12H,7-10H2,1-2H3. The van der Waals surface area contributed by atoms with Crippen molar-refractivity contribution in [2.45, 2.75) is 20.3 Å². The molecule has 1 aliphatic rings. The second-order valence-corrected chi connectivity index (χ2v) is 6.65. The number of piperidine rings is 1. The van der Waals surface area contributed by atoms with Gasteiger partial charge in [-0.25, -0.2) is 0 Å². The quantitative estimate of drug-likeness (QED) is 0.610. The van der Waals surface area contributed by atoms with Crippen molar-refractivity contribution >= 4 is 28.4 Å². The minimum atomic E-state index is 0.244. The van der Waals surface area contributed by atoms with Crippen LogP contribution < -0.4 is 0 Å². The number of nitrogens with zero attached hydrogens (tertiary/aromatic N) is 1. The number of hydrogen-bond donors (Lipinski definition) is 0. The normalized spacial score (nSPS) is 25.1. The molecule has 98 valence electrons. The summed E-state index contributed by atoms with van der Waals surface area (Å²) in [7, 11) is 0. The zero-order valence-corrected chi connectivity index (χ0v) is 13.2. The van der Waals surface area contributed by atoms with Gasteiger partial charge in [-0.3, -0.25) is 9.69 Å². The molecule has 0 N–H and O–H groups in total. The lowest BCUT2D eigenvalue weighted by Gasteiger charge is -2.34. The van der Waals surface area contributed by atoms with Gasteiger partial charge in [0.2, 0.25) is 0 Å². The molecular formula is C15H20INO. The molecule has 1 fully saturated rings. The molecule has 0 spiro atoms. The molecule has 0 saturated carbocycles. The minimum absolute atomic E-state index is 0.244. The fourth-order valence-electron chi connectivity index (χ4n) is 2.42. The van der Waals surface area contributed by atoms with Gasteiger partial charge < -0.3 is 0 Å². The summed E-state index contributed by atoms with van der Waals surface area (Å²) in [5.41, 5.74) is 0.835. The van der Waals surface area contributed by atoms with E-state index in [0.29, 0.717) is 12.5 Å². The van der Waals surface area contributed by atoms with Gasteiger partial charge in [0.1, 0.15) is 0 Å². The van der Waals surface area contributed by atoms with Crippen molar-refractivity contribution in [2.75, 3.05) is 19.6 Å². The molecular weight excluding hydrogens is 337 g/mol. The maximum atomic E-state index is 12.2. The Morgan fingerprint density at radius 1 is 1.28 bits per heavy atom. The molecule has 2 unspecified atom stereocenters. The van der Waals surface area contributed by atoms with E-state index in [0.717, 1.165) is 24.6 Å². The summed E-state index contributed by atoms with van der Waals surface area (Å²) < 4.78 is 1.17. The van der Waals surface area contributed by atoms with Crippen LogP contribution in [0.4, 0.5) is 0 Å². The van der Waals surface area contributed by atoms with Crippen molar-refractivity contribution in [1.82, 2.24) is 4.90 Å². The largest absolute Gasteiger partial charge is 0.296 e. The lowest BCUT2D eigenvalue weighted by atomic mass is 9.88. The predicted molar refractivity (Wildman–Crippen MR) is 82.9 cm³/mol.